The largest absolute Gasteiger partial charge is 0.494 e. The van der Waals surface area contributed by atoms with E-state index in [1.54, 1.807) is 12.1 Å². The number of carboxylic acid groups (broad SMARTS) is 2. The van der Waals surface area contributed by atoms with Crippen molar-refractivity contribution in [2.45, 2.75) is 33.1 Å². The average Bonchev–Trinajstić information content (AvgIpc) is 2.62. The van der Waals surface area contributed by atoms with Crippen LogP contribution in [0, 0.1) is 6.57 Å². The maximum absolute atomic E-state index is 9.10. The van der Waals surface area contributed by atoms with Gasteiger partial charge < -0.3 is 19.8 Å². The van der Waals surface area contributed by atoms with Gasteiger partial charge in [0.05, 0.1) is 13.2 Å². The molecule has 0 saturated carbocycles. The molecule has 0 aliphatic heterocycles. The lowest BCUT2D eigenvalue weighted by atomic mass is 10.2. The number of unbranched alkanes of at least 4 members (excludes halogenated alkanes) is 2. The van der Waals surface area contributed by atoms with Crippen molar-refractivity contribution in [3.63, 3.8) is 0 Å². The lowest BCUT2D eigenvalue weighted by Gasteiger charge is -2.17. The summed E-state index contributed by atoms with van der Waals surface area (Å²) in [4.78, 5) is 24.0. The molecule has 0 spiro atoms. The lowest BCUT2D eigenvalue weighted by Crippen LogP contribution is -2.23. The van der Waals surface area contributed by atoms with Crippen molar-refractivity contribution in [1.29, 1.82) is 0 Å². The Hall–Kier alpha value is -2.59. The van der Waals surface area contributed by atoms with Gasteiger partial charge in [0.1, 0.15) is 5.75 Å². The molecule has 25 heavy (non-hydrogen) atoms. The van der Waals surface area contributed by atoms with Gasteiger partial charge in [-0.2, -0.15) is 0 Å². The molecular weight excluding hydrogens is 324 g/mol. The van der Waals surface area contributed by atoms with Crippen molar-refractivity contribution in [2.75, 3.05) is 26.2 Å². The maximum Gasteiger partial charge on any atom is 0.414 e. The molecule has 0 radical (unpaired) electrons. The molecule has 0 aliphatic rings. The van der Waals surface area contributed by atoms with Gasteiger partial charge >= 0.3 is 11.9 Å². The molecule has 2 N–H and O–H groups in total. The molecule has 1 aromatic rings. The molecule has 7 heteroatoms. The standard InChI is InChI=1S/C16H24N2O.C2H2O4/c1-4-18(5-2)13-7-6-8-14-19-16-11-9-15(17-3)10-12-16;3-1(4)2(5)6/h9-12H,4-8,13-14H2,1-2H3;(H,3,4)(H,5,6). The minimum Gasteiger partial charge on any atom is -0.494 e. The SMILES string of the molecule is O=C(O)C(=O)O.[C-]#[N+]c1ccc(OCCCCCN(CC)CC)cc1. The van der Waals surface area contributed by atoms with Crippen LogP contribution in [0.4, 0.5) is 5.69 Å². The topological polar surface area (TPSA) is 91.4 Å². The molecule has 0 aliphatic carbocycles. The van der Waals surface area contributed by atoms with Crippen LogP contribution in [0.2, 0.25) is 0 Å². The highest BCUT2D eigenvalue weighted by Gasteiger charge is 2.04. The van der Waals surface area contributed by atoms with E-state index in [1.807, 2.05) is 12.1 Å². The van der Waals surface area contributed by atoms with Gasteiger partial charge in [-0.3, -0.25) is 0 Å². The highest BCUT2D eigenvalue weighted by atomic mass is 16.5. The molecule has 0 aromatic heterocycles. The lowest BCUT2D eigenvalue weighted by molar-refractivity contribution is -0.159. The van der Waals surface area contributed by atoms with Crippen molar-refractivity contribution in [3.8, 4) is 5.75 Å². The van der Waals surface area contributed by atoms with E-state index in [4.69, 9.17) is 31.1 Å². The van der Waals surface area contributed by atoms with Crippen molar-refractivity contribution in [2.24, 2.45) is 0 Å². The Morgan fingerprint density at radius 2 is 1.60 bits per heavy atom. The number of hydrogen-bond donors (Lipinski definition) is 2. The summed E-state index contributed by atoms with van der Waals surface area (Å²) < 4.78 is 5.65. The van der Waals surface area contributed by atoms with E-state index in [0.717, 1.165) is 31.9 Å². The van der Waals surface area contributed by atoms with Crippen LogP contribution in [0.3, 0.4) is 0 Å². The fourth-order valence-electron chi connectivity index (χ4n) is 1.96. The Bertz CT molecular complexity index is 536. The fourth-order valence-corrected chi connectivity index (χ4v) is 1.96. The summed E-state index contributed by atoms with van der Waals surface area (Å²) in [6.45, 7) is 15.5. The zero-order valence-corrected chi connectivity index (χ0v) is 14.8. The second-order valence-electron chi connectivity index (χ2n) is 5.15. The first kappa shape index (κ1) is 22.4. The highest BCUT2D eigenvalue weighted by molar-refractivity contribution is 6.27. The van der Waals surface area contributed by atoms with E-state index >= 15 is 0 Å². The first-order chi connectivity index (χ1) is 11.9. The Labute approximate surface area is 148 Å². The van der Waals surface area contributed by atoms with Crippen LogP contribution in [0.15, 0.2) is 24.3 Å². The smallest absolute Gasteiger partial charge is 0.414 e. The van der Waals surface area contributed by atoms with Crippen molar-refractivity contribution in [1.82, 2.24) is 4.90 Å². The van der Waals surface area contributed by atoms with Gasteiger partial charge in [-0.15, -0.1) is 0 Å². The Balaban J connectivity index is 0.000000823. The Morgan fingerprint density at radius 1 is 1.04 bits per heavy atom. The predicted octanol–water partition coefficient (Wildman–Crippen LogP) is 3.28. The molecule has 0 amide bonds. The number of rotatable bonds is 9. The van der Waals surface area contributed by atoms with Gasteiger partial charge in [0.15, 0.2) is 5.69 Å². The van der Waals surface area contributed by atoms with Gasteiger partial charge in [0, 0.05) is 0 Å². The molecule has 1 rings (SSSR count). The third-order valence-corrected chi connectivity index (χ3v) is 3.43. The Kier molecular flexibility index (Phi) is 12.4. The van der Waals surface area contributed by atoms with Crippen LogP contribution in [-0.4, -0.2) is 53.3 Å². The van der Waals surface area contributed by atoms with E-state index < -0.39 is 11.9 Å². The van der Waals surface area contributed by atoms with Crippen molar-refractivity contribution >= 4 is 17.6 Å². The molecular formula is C18H26N2O5. The number of aliphatic carboxylic acids is 2. The fraction of sp³-hybridized carbons (Fsp3) is 0.500. The number of hydrogen-bond acceptors (Lipinski definition) is 4. The Morgan fingerprint density at radius 3 is 2.04 bits per heavy atom. The number of nitrogens with zero attached hydrogens (tertiary/aromatic N) is 2. The minimum atomic E-state index is -1.82. The second-order valence-corrected chi connectivity index (χ2v) is 5.15. The summed E-state index contributed by atoms with van der Waals surface area (Å²) in [5.41, 5.74) is 0.659. The van der Waals surface area contributed by atoms with Gasteiger partial charge in [0.2, 0.25) is 0 Å². The molecule has 0 bridgehead atoms. The van der Waals surface area contributed by atoms with Gasteiger partial charge in [-0.1, -0.05) is 26.0 Å². The van der Waals surface area contributed by atoms with Gasteiger partial charge in [-0.05, 0) is 51.0 Å². The number of ether oxygens (including phenoxy) is 1. The predicted molar refractivity (Wildman–Crippen MR) is 95.1 cm³/mol. The number of carbonyl (C=O) groups is 2. The second kappa shape index (κ2) is 13.8. The third kappa shape index (κ3) is 11.6. The van der Waals surface area contributed by atoms with E-state index in [1.165, 1.54) is 19.4 Å². The van der Waals surface area contributed by atoms with Gasteiger partial charge in [0.25, 0.3) is 0 Å². The molecule has 0 unspecified atom stereocenters. The molecule has 7 nitrogen and oxygen atoms in total. The van der Waals surface area contributed by atoms with Crippen molar-refractivity contribution in [3.05, 3.63) is 35.7 Å². The van der Waals surface area contributed by atoms with Crippen LogP contribution in [0.5, 0.6) is 5.75 Å². The number of benzene rings is 1. The van der Waals surface area contributed by atoms with E-state index in [-0.39, 0.29) is 0 Å². The van der Waals surface area contributed by atoms with E-state index in [2.05, 4.69) is 23.6 Å². The number of carboxylic acids is 2. The maximum atomic E-state index is 9.10. The summed E-state index contributed by atoms with van der Waals surface area (Å²) in [5.74, 6) is -2.79. The first-order valence-corrected chi connectivity index (χ1v) is 8.23. The summed E-state index contributed by atoms with van der Waals surface area (Å²) in [6, 6.07) is 7.32. The molecule has 138 valence electrons. The van der Waals surface area contributed by atoms with Crippen LogP contribution in [-0.2, 0) is 9.59 Å². The zero-order chi connectivity index (χ0) is 19.1. The third-order valence-electron chi connectivity index (χ3n) is 3.43. The van der Waals surface area contributed by atoms with Crippen LogP contribution < -0.4 is 4.74 Å². The van der Waals surface area contributed by atoms with Crippen molar-refractivity contribution < 1.29 is 24.5 Å². The van der Waals surface area contributed by atoms with Crippen LogP contribution in [0.1, 0.15) is 33.1 Å². The minimum absolute atomic E-state index is 0.659. The van der Waals surface area contributed by atoms with Crippen LogP contribution >= 0.6 is 0 Å². The van der Waals surface area contributed by atoms with Gasteiger partial charge in [-0.25, -0.2) is 14.4 Å². The normalized spacial score (nSPS) is 9.68. The summed E-state index contributed by atoms with van der Waals surface area (Å²) in [7, 11) is 0. The summed E-state index contributed by atoms with van der Waals surface area (Å²) >= 11 is 0. The van der Waals surface area contributed by atoms with Crippen LogP contribution in [0.25, 0.3) is 4.85 Å². The molecule has 1 aromatic carbocycles. The average molecular weight is 350 g/mol. The van der Waals surface area contributed by atoms with E-state index in [9.17, 15) is 0 Å². The summed E-state index contributed by atoms with van der Waals surface area (Å²) in [6.07, 6.45) is 3.53. The zero-order valence-electron chi connectivity index (χ0n) is 14.8. The first-order valence-electron chi connectivity index (χ1n) is 8.23. The monoisotopic (exact) mass is 350 g/mol. The molecule has 0 heterocycles. The summed E-state index contributed by atoms with van der Waals surface area (Å²) in [5, 5.41) is 14.8. The highest BCUT2D eigenvalue weighted by Crippen LogP contribution is 2.18. The molecule has 0 fully saturated rings. The molecule has 0 atom stereocenters. The molecule has 0 saturated heterocycles. The van der Waals surface area contributed by atoms with E-state index in [0.29, 0.717) is 5.69 Å². The quantitative estimate of drug-likeness (QED) is 0.403.